The Labute approximate surface area is 107 Å². The van der Waals surface area contributed by atoms with E-state index in [4.69, 9.17) is 11.6 Å². The molecule has 7 heteroatoms. The van der Waals surface area contributed by atoms with Crippen molar-refractivity contribution in [1.29, 1.82) is 0 Å². The van der Waals surface area contributed by atoms with Gasteiger partial charge in [0.05, 0.1) is 10.8 Å². The van der Waals surface area contributed by atoms with Crippen molar-refractivity contribution in [3.8, 4) is 0 Å². The molecule has 0 saturated carbocycles. The lowest BCUT2D eigenvalue weighted by Gasteiger charge is -2.03. The smallest absolute Gasteiger partial charge is 0.237 e. The SMILES string of the molecule is O=C(CSc1ccccc1Cl)Nc1ncn[nH]1. The average Bonchev–Trinajstić information content (AvgIpc) is 2.81. The highest BCUT2D eigenvalue weighted by molar-refractivity contribution is 8.00. The third-order valence-electron chi connectivity index (χ3n) is 1.87. The van der Waals surface area contributed by atoms with Crippen LogP contribution in [0.25, 0.3) is 0 Å². The molecule has 0 aliphatic heterocycles. The van der Waals surface area contributed by atoms with Crippen molar-refractivity contribution in [2.24, 2.45) is 0 Å². The summed E-state index contributed by atoms with van der Waals surface area (Å²) in [5.74, 6) is 0.450. The van der Waals surface area contributed by atoms with E-state index >= 15 is 0 Å². The average molecular weight is 269 g/mol. The second-order valence-electron chi connectivity index (χ2n) is 3.10. The Morgan fingerprint density at radius 3 is 3.00 bits per heavy atom. The number of halogens is 1. The molecule has 0 bridgehead atoms. The molecule has 0 aliphatic rings. The number of carbonyl (C=O) groups is 1. The maximum atomic E-state index is 11.5. The van der Waals surface area contributed by atoms with Gasteiger partial charge >= 0.3 is 0 Å². The van der Waals surface area contributed by atoms with Crippen LogP contribution in [0.2, 0.25) is 5.02 Å². The van der Waals surface area contributed by atoms with Gasteiger partial charge in [-0.15, -0.1) is 11.8 Å². The molecule has 2 aromatic rings. The number of benzene rings is 1. The Bertz CT molecular complexity index is 503. The molecule has 17 heavy (non-hydrogen) atoms. The van der Waals surface area contributed by atoms with Gasteiger partial charge in [-0.3, -0.25) is 10.1 Å². The maximum absolute atomic E-state index is 11.5. The normalized spacial score (nSPS) is 10.2. The number of nitrogens with zero attached hydrogens (tertiary/aromatic N) is 2. The second-order valence-corrected chi connectivity index (χ2v) is 4.53. The van der Waals surface area contributed by atoms with E-state index in [9.17, 15) is 4.79 Å². The van der Waals surface area contributed by atoms with E-state index in [0.29, 0.717) is 11.0 Å². The zero-order chi connectivity index (χ0) is 12.1. The molecule has 0 fully saturated rings. The predicted molar refractivity (Wildman–Crippen MR) is 67.2 cm³/mol. The summed E-state index contributed by atoms with van der Waals surface area (Å²) in [7, 11) is 0. The standard InChI is InChI=1S/C10H9ClN4OS/c11-7-3-1-2-4-8(7)17-5-9(16)14-10-12-6-13-15-10/h1-4,6H,5H2,(H2,12,13,14,15,16). The van der Waals surface area contributed by atoms with Crippen LogP contribution < -0.4 is 5.32 Å². The van der Waals surface area contributed by atoms with Crippen LogP contribution in [0.1, 0.15) is 0 Å². The quantitative estimate of drug-likeness (QED) is 0.834. The fraction of sp³-hybridized carbons (Fsp3) is 0.100. The third-order valence-corrected chi connectivity index (χ3v) is 3.38. The van der Waals surface area contributed by atoms with E-state index < -0.39 is 0 Å². The van der Waals surface area contributed by atoms with Crippen LogP contribution in [0.5, 0.6) is 0 Å². The van der Waals surface area contributed by atoms with Gasteiger partial charge < -0.3 is 0 Å². The van der Waals surface area contributed by atoms with Crippen LogP contribution in [-0.4, -0.2) is 26.8 Å². The summed E-state index contributed by atoms with van der Waals surface area (Å²) in [4.78, 5) is 16.2. The van der Waals surface area contributed by atoms with Gasteiger partial charge in [0.25, 0.3) is 0 Å². The first-order valence-corrected chi connectivity index (χ1v) is 6.14. The summed E-state index contributed by atoms with van der Waals surface area (Å²) in [6.45, 7) is 0. The molecule has 1 aromatic carbocycles. The highest BCUT2D eigenvalue weighted by Gasteiger charge is 2.06. The van der Waals surface area contributed by atoms with Crippen molar-refractivity contribution in [3.05, 3.63) is 35.6 Å². The minimum absolute atomic E-state index is 0.160. The molecule has 1 amide bonds. The molecule has 2 N–H and O–H groups in total. The molecular formula is C10H9ClN4OS. The number of amides is 1. The van der Waals surface area contributed by atoms with Gasteiger partial charge in [0.15, 0.2) is 0 Å². The van der Waals surface area contributed by atoms with Crippen LogP contribution in [0.15, 0.2) is 35.5 Å². The number of nitrogens with one attached hydrogen (secondary N) is 2. The van der Waals surface area contributed by atoms with Crippen LogP contribution in [0.3, 0.4) is 0 Å². The molecule has 1 aromatic heterocycles. The van der Waals surface area contributed by atoms with Crippen molar-refractivity contribution in [1.82, 2.24) is 15.2 Å². The summed E-state index contributed by atoms with van der Waals surface area (Å²) >= 11 is 7.34. The Morgan fingerprint density at radius 1 is 1.47 bits per heavy atom. The first-order chi connectivity index (χ1) is 8.25. The molecule has 0 aliphatic carbocycles. The fourth-order valence-electron chi connectivity index (χ4n) is 1.14. The zero-order valence-electron chi connectivity index (χ0n) is 8.68. The van der Waals surface area contributed by atoms with Gasteiger partial charge in [-0.2, -0.15) is 10.1 Å². The molecule has 0 radical (unpaired) electrons. The van der Waals surface area contributed by atoms with Crippen molar-refractivity contribution in [2.45, 2.75) is 4.90 Å². The summed E-state index contributed by atoms with van der Waals surface area (Å²) in [6, 6.07) is 7.39. The number of H-pyrrole nitrogens is 1. The van der Waals surface area contributed by atoms with Gasteiger partial charge in [0.1, 0.15) is 6.33 Å². The first-order valence-electron chi connectivity index (χ1n) is 4.78. The third kappa shape index (κ3) is 3.47. The predicted octanol–water partition coefficient (Wildman–Crippen LogP) is 2.19. The van der Waals surface area contributed by atoms with Gasteiger partial charge in [-0.1, -0.05) is 23.7 Å². The summed E-state index contributed by atoms with van der Waals surface area (Å²) in [5, 5.41) is 9.40. The minimum Gasteiger partial charge on any atom is -0.294 e. The Kier molecular flexibility index (Phi) is 4.00. The van der Waals surface area contributed by atoms with E-state index in [1.165, 1.54) is 18.1 Å². The number of hydrogen-bond donors (Lipinski definition) is 2. The highest BCUT2D eigenvalue weighted by Crippen LogP contribution is 2.26. The van der Waals surface area contributed by atoms with Crippen molar-refractivity contribution in [3.63, 3.8) is 0 Å². The van der Waals surface area contributed by atoms with Gasteiger partial charge in [0, 0.05) is 4.90 Å². The fourth-order valence-corrected chi connectivity index (χ4v) is 2.18. The molecular weight excluding hydrogens is 260 g/mol. The highest BCUT2D eigenvalue weighted by atomic mass is 35.5. The lowest BCUT2D eigenvalue weighted by molar-refractivity contribution is -0.113. The molecule has 0 saturated heterocycles. The summed E-state index contributed by atoms with van der Waals surface area (Å²) in [6.07, 6.45) is 1.33. The van der Waals surface area contributed by atoms with E-state index in [2.05, 4.69) is 20.5 Å². The topological polar surface area (TPSA) is 70.7 Å². The van der Waals surface area contributed by atoms with Crippen molar-refractivity contribution in [2.75, 3.05) is 11.1 Å². The monoisotopic (exact) mass is 268 g/mol. The number of carbonyl (C=O) groups excluding carboxylic acids is 1. The maximum Gasteiger partial charge on any atom is 0.237 e. The number of rotatable bonds is 4. The Hall–Kier alpha value is -1.53. The van der Waals surface area contributed by atoms with E-state index in [0.717, 1.165) is 4.90 Å². The molecule has 1 heterocycles. The summed E-state index contributed by atoms with van der Waals surface area (Å²) in [5.41, 5.74) is 0. The molecule has 0 spiro atoms. The van der Waals surface area contributed by atoms with Crippen LogP contribution in [-0.2, 0) is 4.79 Å². The number of hydrogen-bond acceptors (Lipinski definition) is 4. The van der Waals surface area contributed by atoms with Gasteiger partial charge in [0.2, 0.25) is 11.9 Å². The number of aromatic amines is 1. The van der Waals surface area contributed by atoms with Crippen molar-refractivity contribution >= 4 is 35.2 Å². The number of anilines is 1. The molecule has 0 unspecified atom stereocenters. The van der Waals surface area contributed by atoms with Gasteiger partial charge in [-0.05, 0) is 12.1 Å². The van der Waals surface area contributed by atoms with Crippen molar-refractivity contribution < 1.29 is 4.79 Å². The van der Waals surface area contributed by atoms with Crippen LogP contribution in [0.4, 0.5) is 5.95 Å². The largest absolute Gasteiger partial charge is 0.294 e. The molecule has 88 valence electrons. The van der Waals surface area contributed by atoms with Crippen LogP contribution in [0, 0.1) is 0 Å². The number of thioether (sulfide) groups is 1. The summed E-state index contributed by atoms with van der Waals surface area (Å²) < 4.78 is 0. The van der Waals surface area contributed by atoms with E-state index in [1.54, 1.807) is 6.07 Å². The second kappa shape index (κ2) is 5.70. The Balaban J connectivity index is 1.86. The van der Waals surface area contributed by atoms with E-state index in [1.807, 2.05) is 18.2 Å². The van der Waals surface area contributed by atoms with Gasteiger partial charge in [-0.25, -0.2) is 5.10 Å². The molecule has 2 rings (SSSR count). The number of aromatic nitrogens is 3. The minimum atomic E-state index is -0.160. The molecule has 5 nitrogen and oxygen atoms in total. The first kappa shape index (κ1) is 11.9. The Morgan fingerprint density at radius 2 is 2.29 bits per heavy atom. The lowest BCUT2D eigenvalue weighted by atomic mass is 10.4. The van der Waals surface area contributed by atoms with E-state index in [-0.39, 0.29) is 11.7 Å². The van der Waals surface area contributed by atoms with Crippen LogP contribution >= 0.6 is 23.4 Å². The molecule has 0 atom stereocenters. The lowest BCUT2D eigenvalue weighted by Crippen LogP contribution is -2.15. The zero-order valence-corrected chi connectivity index (χ0v) is 10.3.